The Bertz CT molecular complexity index is 675. The Morgan fingerprint density at radius 1 is 1.12 bits per heavy atom. The van der Waals surface area contributed by atoms with Crippen LogP contribution in [0.15, 0.2) is 30.3 Å². The number of rotatable bonds is 8. The first-order valence-corrected chi connectivity index (χ1v) is 9.58. The summed E-state index contributed by atoms with van der Waals surface area (Å²) in [7, 11) is -3.88. The Morgan fingerprint density at radius 3 is 2.24 bits per heavy atom. The molecule has 7 nitrogen and oxygen atoms in total. The van der Waals surface area contributed by atoms with Crippen LogP contribution in [0.5, 0.6) is 0 Å². The van der Waals surface area contributed by atoms with Crippen molar-refractivity contribution in [1.29, 1.82) is 0 Å². The monoisotopic (exact) mass is 372 g/mol. The van der Waals surface area contributed by atoms with Crippen molar-refractivity contribution < 1.29 is 31.7 Å². The molecule has 0 heterocycles. The minimum absolute atomic E-state index is 0.101. The van der Waals surface area contributed by atoms with Gasteiger partial charge in [0, 0.05) is 6.42 Å². The SMILES string of the molecule is CC(C)(C)OC(=O)[C@@H](CCC(=O)OCc1ccccc1)OS(C)(=O)=O. The van der Waals surface area contributed by atoms with Crippen LogP contribution in [-0.4, -0.2) is 38.3 Å². The van der Waals surface area contributed by atoms with Crippen LogP contribution in [0.3, 0.4) is 0 Å². The summed E-state index contributed by atoms with van der Waals surface area (Å²) in [6.07, 6.45) is -0.890. The van der Waals surface area contributed by atoms with E-state index in [-0.39, 0.29) is 19.4 Å². The van der Waals surface area contributed by atoms with Crippen molar-refractivity contribution in [3.8, 4) is 0 Å². The van der Waals surface area contributed by atoms with Crippen molar-refractivity contribution in [2.45, 2.75) is 51.9 Å². The number of hydrogen-bond donors (Lipinski definition) is 0. The summed E-state index contributed by atoms with van der Waals surface area (Å²) in [5.74, 6) is -1.40. The summed E-state index contributed by atoms with van der Waals surface area (Å²) >= 11 is 0. The van der Waals surface area contributed by atoms with E-state index in [0.717, 1.165) is 11.8 Å². The Balaban J connectivity index is 2.58. The van der Waals surface area contributed by atoms with Crippen molar-refractivity contribution in [3.05, 3.63) is 35.9 Å². The fourth-order valence-electron chi connectivity index (χ4n) is 1.84. The van der Waals surface area contributed by atoms with E-state index in [1.165, 1.54) is 0 Å². The highest BCUT2D eigenvalue weighted by Crippen LogP contribution is 2.15. The first kappa shape index (κ1) is 21.1. The zero-order valence-corrected chi connectivity index (χ0v) is 15.7. The molecule has 0 bridgehead atoms. The zero-order valence-electron chi connectivity index (χ0n) is 14.9. The van der Waals surface area contributed by atoms with Gasteiger partial charge in [-0.05, 0) is 32.8 Å². The first-order chi connectivity index (χ1) is 11.5. The molecule has 0 spiro atoms. The van der Waals surface area contributed by atoms with Crippen LogP contribution >= 0.6 is 0 Å². The third-order valence-electron chi connectivity index (χ3n) is 2.81. The van der Waals surface area contributed by atoms with E-state index < -0.39 is 33.8 Å². The molecule has 0 aliphatic carbocycles. The van der Waals surface area contributed by atoms with Crippen LogP contribution in [0.4, 0.5) is 0 Å². The lowest BCUT2D eigenvalue weighted by Crippen LogP contribution is -2.35. The molecule has 0 saturated heterocycles. The molecule has 1 atom stereocenters. The van der Waals surface area contributed by atoms with Gasteiger partial charge in [0.1, 0.15) is 12.2 Å². The minimum Gasteiger partial charge on any atom is -0.461 e. The standard InChI is InChI=1S/C17H24O7S/c1-17(2,3)23-16(19)14(24-25(4,20)21)10-11-15(18)22-12-13-8-6-5-7-9-13/h5-9,14H,10-12H2,1-4H3/t14-/m1/s1. The predicted octanol–water partition coefficient (Wildman–Crippen LogP) is 2.20. The average molecular weight is 372 g/mol. The zero-order chi connectivity index (χ0) is 19.1. The molecule has 0 unspecified atom stereocenters. The lowest BCUT2D eigenvalue weighted by atomic mass is 10.1. The number of esters is 2. The van der Waals surface area contributed by atoms with Gasteiger partial charge in [0.25, 0.3) is 10.1 Å². The first-order valence-electron chi connectivity index (χ1n) is 7.77. The second-order valence-corrected chi connectivity index (χ2v) is 8.11. The maximum atomic E-state index is 12.1. The van der Waals surface area contributed by atoms with Crippen molar-refractivity contribution in [3.63, 3.8) is 0 Å². The molecule has 0 aromatic heterocycles. The van der Waals surface area contributed by atoms with E-state index >= 15 is 0 Å². The van der Waals surface area contributed by atoms with Crippen molar-refractivity contribution in [1.82, 2.24) is 0 Å². The maximum Gasteiger partial charge on any atom is 0.337 e. The summed E-state index contributed by atoms with van der Waals surface area (Å²) in [4.78, 5) is 23.9. The molecular weight excluding hydrogens is 348 g/mol. The van der Waals surface area contributed by atoms with Crippen molar-refractivity contribution in [2.24, 2.45) is 0 Å². The molecule has 0 aliphatic rings. The van der Waals surface area contributed by atoms with E-state index in [0.29, 0.717) is 0 Å². The highest BCUT2D eigenvalue weighted by atomic mass is 32.2. The molecule has 0 N–H and O–H groups in total. The highest BCUT2D eigenvalue weighted by molar-refractivity contribution is 7.86. The quantitative estimate of drug-likeness (QED) is 0.510. The van der Waals surface area contributed by atoms with Gasteiger partial charge in [0.2, 0.25) is 0 Å². The van der Waals surface area contributed by atoms with E-state index in [2.05, 4.69) is 0 Å². The number of benzene rings is 1. The topological polar surface area (TPSA) is 96.0 Å². The smallest absolute Gasteiger partial charge is 0.337 e. The third-order valence-corrected chi connectivity index (χ3v) is 3.40. The molecule has 25 heavy (non-hydrogen) atoms. The molecule has 0 saturated carbocycles. The van der Waals surface area contributed by atoms with Crippen molar-refractivity contribution >= 4 is 22.1 Å². The van der Waals surface area contributed by atoms with Gasteiger partial charge in [-0.3, -0.25) is 8.98 Å². The summed E-state index contributed by atoms with van der Waals surface area (Å²) < 4.78 is 37.6. The molecule has 1 aromatic carbocycles. The molecule has 1 rings (SSSR count). The number of carbonyl (C=O) groups is 2. The summed E-state index contributed by atoms with van der Waals surface area (Å²) in [6, 6.07) is 9.11. The Kier molecular flexibility index (Phi) is 7.57. The second-order valence-electron chi connectivity index (χ2n) is 6.51. The van der Waals surface area contributed by atoms with E-state index in [1.54, 1.807) is 20.8 Å². The van der Waals surface area contributed by atoms with Gasteiger partial charge < -0.3 is 9.47 Å². The normalized spacial score (nSPS) is 13.1. The van der Waals surface area contributed by atoms with Gasteiger partial charge >= 0.3 is 11.9 Å². The van der Waals surface area contributed by atoms with Gasteiger partial charge in [0.05, 0.1) is 6.26 Å². The van der Waals surface area contributed by atoms with Gasteiger partial charge in [-0.2, -0.15) is 8.42 Å². The highest BCUT2D eigenvalue weighted by Gasteiger charge is 2.29. The van der Waals surface area contributed by atoms with Crippen LogP contribution in [0.2, 0.25) is 0 Å². The number of hydrogen-bond acceptors (Lipinski definition) is 7. The van der Waals surface area contributed by atoms with Gasteiger partial charge in [-0.1, -0.05) is 30.3 Å². The molecule has 140 valence electrons. The molecule has 0 fully saturated rings. The van der Waals surface area contributed by atoms with E-state index in [9.17, 15) is 18.0 Å². The van der Waals surface area contributed by atoms with Crippen LogP contribution < -0.4 is 0 Å². The molecule has 0 radical (unpaired) electrons. The fraction of sp³-hybridized carbons (Fsp3) is 0.529. The summed E-state index contributed by atoms with van der Waals surface area (Å²) in [6.45, 7) is 5.05. The molecular formula is C17H24O7S. The van der Waals surface area contributed by atoms with Crippen molar-refractivity contribution in [2.75, 3.05) is 6.26 Å². The molecule has 1 aromatic rings. The van der Waals surface area contributed by atoms with Crippen LogP contribution in [0.1, 0.15) is 39.2 Å². The number of ether oxygens (including phenoxy) is 2. The lowest BCUT2D eigenvalue weighted by molar-refractivity contribution is -0.164. The minimum atomic E-state index is -3.88. The Labute approximate surface area is 148 Å². The Morgan fingerprint density at radius 2 is 1.72 bits per heavy atom. The van der Waals surface area contributed by atoms with Gasteiger partial charge in [-0.25, -0.2) is 4.79 Å². The lowest BCUT2D eigenvalue weighted by Gasteiger charge is -2.23. The summed E-state index contributed by atoms with van der Waals surface area (Å²) in [5, 5.41) is 0. The average Bonchev–Trinajstić information content (AvgIpc) is 2.47. The third kappa shape index (κ3) is 9.83. The van der Waals surface area contributed by atoms with Crippen LogP contribution in [-0.2, 0) is 40.0 Å². The van der Waals surface area contributed by atoms with E-state index in [1.807, 2.05) is 30.3 Å². The number of carbonyl (C=O) groups excluding carboxylic acids is 2. The maximum absolute atomic E-state index is 12.1. The van der Waals surface area contributed by atoms with Crippen LogP contribution in [0.25, 0.3) is 0 Å². The predicted molar refractivity (Wildman–Crippen MR) is 91.0 cm³/mol. The second kappa shape index (κ2) is 8.96. The van der Waals surface area contributed by atoms with Crippen LogP contribution in [0, 0.1) is 0 Å². The molecule has 8 heteroatoms. The fourth-order valence-corrected chi connectivity index (χ4v) is 2.44. The summed E-state index contributed by atoms with van der Waals surface area (Å²) in [5.41, 5.74) is 0.0243. The van der Waals surface area contributed by atoms with Gasteiger partial charge in [0.15, 0.2) is 6.10 Å². The largest absolute Gasteiger partial charge is 0.461 e. The molecule has 0 amide bonds. The van der Waals surface area contributed by atoms with E-state index in [4.69, 9.17) is 13.7 Å². The molecule has 0 aliphatic heterocycles. The Hall–Kier alpha value is -1.93. The van der Waals surface area contributed by atoms with Gasteiger partial charge in [-0.15, -0.1) is 0 Å².